The maximum atomic E-state index is 9.60. The molecule has 0 radical (unpaired) electrons. The number of rotatable bonds is 3. The molecule has 0 aromatic rings. The van der Waals surface area contributed by atoms with Gasteiger partial charge in [-0.1, -0.05) is 26.3 Å². The molecule has 0 aromatic carbocycles. The van der Waals surface area contributed by atoms with Crippen LogP contribution in [-0.4, -0.2) is 45.6 Å². The van der Waals surface area contributed by atoms with E-state index in [1.165, 1.54) is 13.8 Å². The van der Waals surface area contributed by atoms with Crippen molar-refractivity contribution < 1.29 is 30.0 Å². The van der Waals surface area contributed by atoms with Crippen molar-refractivity contribution in [3.63, 3.8) is 0 Å². The van der Waals surface area contributed by atoms with E-state index in [0.717, 1.165) is 0 Å². The summed E-state index contributed by atoms with van der Waals surface area (Å²) in [7, 11) is 0. The average molecular weight is 274 g/mol. The minimum atomic E-state index is -0.935. The Hall–Kier alpha value is -2.14. The van der Waals surface area contributed by atoms with Crippen LogP contribution in [0.2, 0.25) is 0 Å². The van der Waals surface area contributed by atoms with Crippen LogP contribution in [0, 0.1) is 0 Å². The second-order valence-electron chi connectivity index (χ2n) is 2.87. The summed E-state index contributed by atoms with van der Waals surface area (Å²) in [4.78, 5) is 19.2. The quantitative estimate of drug-likeness (QED) is 0.454. The molecule has 0 bridgehead atoms. The third-order valence-electron chi connectivity index (χ3n) is 0.830. The van der Waals surface area contributed by atoms with E-state index in [1.54, 1.807) is 0 Å². The van der Waals surface area contributed by atoms with Gasteiger partial charge in [0.25, 0.3) is 0 Å². The summed E-state index contributed by atoms with van der Waals surface area (Å²) in [6.07, 6.45) is 0. The van der Waals surface area contributed by atoms with Crippen molar-refractivity contribution in [1.82, 2.24) is 0 Å². The molecule has 0 unspecified atom stereocenters. The van der Waals surface area contributed by atoms with Crippen molar-refractivity contribution in [1.29, 1.82) is 0 Å². The molecule has 0 amide bonds. The van der Waals surface area contributed by atoms with Crippen molar-refractivity contribution in [2.45, 2.75) is 13.8 Å². The van der Waals surface area contributed by atoms with E-state index >= 15 is 0 Å². The fraction of sp³-hybridized carbons (Fsp3) is 0.308. The highest BCUT2D eigenvalue weighted by atomic mass is 16.4. The molecule has 0 heterocycles. The van der Waals surface area contributed by atoms with Gasteiger partial charge in [-0.05, 0) is 13.8 Å². The molecule has 6 heteroatoms. The first kappa shape index (κ1) is 25.6. The van der Waals surface area contributed by atoms with Crippen LogP contribution < -0.4 is 0 Å². The maximum Gasteiger partial charge on any atom is 0.330 e. The molecule has 0 spiro atoms. The Bertz CT molecular complexity index is 261. The Morgan fingerprint density at radius 1 is 0.895 bits per heavy atom. The van der Waals surface area contributed by atoms with Crippen LogP contribution in [0.25, 0.3) is 0 Å². The molecule has 4 N–H and O–H groups in total. The van der Waals surface area contributed by atoms with Gasteiger partial charge in [0.1, 0.15) is 0 Å². The Balaban J connectivity index is -0.0000000821. The summed E-state index contributed by atoms with van der Waals surface area (Å²) in [5.74, 6) is -1.87. The molecule has 0 rings (SSSR count). The van der Waals surface area contributed by atoms with Gasteiger partial charge >= 0.3 is 11.9 Å². The van der Waals surface area contributed by atoms with Gasteiger partial charge in [0.2, 0.25) is 0 Å². The molecule has 0 saturated carbocycles. The molecule has 110 valence electrons. The molecule has 0 aliphatic carbocycles. The fourth-order valence-electron chi connectivity index (χ4n) is 0. The Morgan fingerprint density at radius 3 is 1.00 bits per heavy atom. The zero-order chi connectivity index (χ0) is 16.4. The number of carboxylic acid groups (broad SMARTS) is 2. The lowest BCUT2D eigenvalue weighted by molar-refractivity contribution is -0.133. The molecule has 0 aliphatic rings. The molecule has 0 aromatic heterocycles. The Morgan fingerprint density at radius 2 is 1.00 bits per heavy atom. The SMILES string of the molecule is C=C(C)C(=O)O.C=C(C)C(=O)O.C=C=C.OCCO. The minimum Gasteiger partial charge on any atom is -0.478 e. The van der Waals surface area contributed by atoms with Gasteiger partial charge in [-0.25, -0.2) is 9.59 Å². The highest BCUT2D eigenvalue weighted by Crippen LogP contribution is 1.81. The lowest BCUT2D eigenvalue weighted by Gasteiger charge is -1.79. The summed E-state index contributed by atoms with van der Waals surface area (Å²) in [6, 6.07) is 0. The van der Waals surface area contributed by atoms with E-state index in [0.29, 0.717) is 0 Å². The van der Waals surface area contributed by atoms with Crippen LogP contribution in [0.1, 0.15) is 13.8 Å². The second kappa shape index (κ2) is 21.2. The standard InChI is InChI=1S/2C4H6O2.C3H4.C2H6O2/c2*1-3(2)4(5)6;1-3-2;3-1-2-4/h2*1H2,2H3,(H,5,6);1-2H2;3-4H,1-2H2. The van der Waals surface area contributed by atoms with Gasteiger partial charge in [0.05, 0.1) is 13.2 Å². The number of hydrogen-bond acceptors (Lipinski definition) is 4. The first-order chi connectivity index (χ1) is 8.61. The Labute approximate surface area is 113 Å². The van der Waals surface area contributed by atoms with Crippen molar-refractivity contribution in [3.05, 3.63) is 43.2 Å². The molecule has 0 aliphatic heterocycles. The predicted octanol–water partition coefficient (Wildman–Crippen LogP) is 1.22. The van der Waals surface area contributed by atoms with Crippen molar-refractivity contribution in [2.24, 2.45) is 0 Å². The van der Waals surface area contributed by atoms with Gasteiger partial charge < -0.3 is 20.4 Å². The first-order valence-electron chi connectivity index (χ1n) is 4.90. The van der Waals surface area contributed by atoms with Gasteiger partial charge in [0, 0.05) is 11.1 Å². The van der Waals surface area contributed by atoms with Crippen LogP contribution in [0.15, 0.2) is 43.2 Å². The molecule has 19 heavy (non-hydrogen) atoms. The van der Waals surface area contributed by atoms with Gasteiger partial charge in [0.15, 0.2) is 0 Å². The molecule has 0 fully saturated rings. The second-order valence-corrected chi connectivity index (χ2v) is 2.87. The van der Waals surface area contributed by atoms with E-state index in [2.05, 4.69) is 32.0 Å². The number of hydrogen-bond donors (Lipinski definition) is 4. The Kier molecular flexibility index (Phi) is 28.6. The smallest absolute Gasteiger partial charge is 0.330 e. The molecular weight excluding hydrogens is 252 g/mol. The van der Waals surface area contributed by atoms with E-state index in [-0.39, 0.29) is 24.4 Å². The molecule has 0 saturated heterocycles. The number of carboxylic acids is 2. The summed E-state index contributed by atoms with van der Waals surface area (Å²) < 4.78 is 0. The van der Waals surface area contributed by atoms with Crippen LogP contribution in [0.4, 0.5) is 0 Å². The lowest BCUT2D eigenvalue weighted by atomic mass is 10.4. The molecular formula is C13H22O6. The number of aliphatic hydroxyl groups is 2. The van der Waals surface area contributed by atoms with Crippen LogP contribution >= 0.6 is 0 Å². The molecule has 0 atom stereocenters. The minimum absolute atomic E-state index is 0.125. The zero-order valence-electron chi connectivity index (χ0n) is 11.3. The summed E-state index contributed by atoms with van der Waals surface area (Å²) >= 11 is 0. The van der Waals surface area contributed by atoms with Crippen molar-refractivity contribution in [2.75, 3.05) is 13.2 Å². The maximum absolute atomic E-state index is 9.60. The van der Waals surface area contributed by atoms with Gasteiger partial charge in [-0.15, -0.1) is 5.73 Å². The summed E-state index contributed by atoms with van der Waals surface area (Å²) in [5.41, 5.74) is 2.60. The highest BCUT2D eigenvalue weighted by Gasteiger charge is 1.90. The monoisotopic (exact) mass is 274 g/mol. The lowest BCUT2D eigenvalue weighted by Crippen LogP contribution is -1.92. The third kappa shape index (κ3) is 64.7. The largest absolute Gasteiger partial charge is 0.478 e. The van der Waals surface area contributed by atoms with Crippen LogP contribution in [-0.2, 0) is 9.59 Å². The first-order valence-corrected chi connectivity index (χ1v) is 4.90. The zero-order valence-corrected chi connectivity index (χ0v) is 11.3. The van der Waals surface area contributed by atoms with Crippen LogP contribution in [0.3, 0.4) is 0 Å². The highest BCUT2D eigenvalue weighted by molar-refractivity contribution is 5.85. The molecule has 6 nitrogen and oxygen atoms in total. The number of aliphatic hydroxyl groups excluding tert-OH is 2. The normalized spacial score (nSPS) is 6.74. The number of carbonyl (C=O) groups is 2. The predicted molar refractivity (Wildman–Crippen MR) is 73.8 cm³/mol. The van der Waals surface area contributed by atoms with E-state index in [9.17, 15) is 9.59 Å². The topological polar surface area (TPSA) is 115 Å². The van der Waals surface area contributed by atoms with E-state index in [1.807, 2.05) is 0 Å². The fourth-order valence-corrected chi connectivity index (χ4v) is 0. The average Bonchev–Trinajstić information content (AvgIpc) is 2.30. The van der Waals surface area contributed by atoms with Crippen molar-refractivity contribution in [3.8, 4) is 0 Å². The summed E-state index contributed by atoms with van der Waals surface area (Å²) in [6.45, 7) is 15.2. The van der Waals surface area contributed by atoms with Gasteiger partial charge in [-0.3, -0.25) is 0 Å². The number of aliphatic carboxylic acids is 2. The summed E-state index contributed by atoms with van der Waals surface area (Å²) in [5, 5.41) is 31.0. The van der Waals surface area contributed by atoms with Crippen LogP contribution in [0.5, 0.6) is 0 Å². The van der Waals surface area contributed by atoms with E-state index in [4.69, 9.17) is 20.4 Å². The van der Waals surface area contributed by atoms with E-state index < -0.39 is 11.9 Å². The van der Waals surface area contributed by atoms with Crippen molar-refractivity contribution >= 4 is 11.9 Å². The van der Waals surface area contributed by atoms with Gasteiger partial charge in [-0.2, -0.15) is 0 Å². The third-order valence-corrected chi connectivity index (χ3v) is 0.830.